The third-order valence-corrected chi connectivity index (χ3v) is 4.66. The Morgan fingerprint density at radius 2 is 1.85 bits per heavy atom. The number of benzene rings is 2. The molecule has 2 aromatic carbocycles. The van der Waals surface area contributed by atoms with Crippen LogP contribution in [0.5, 0.6) is 5.88 Å². The van der Waals surface area contributed by atoms with Gasteiger partial charge in [-0.25, -0.2) is 9.37 Å². The molecule has 0 aliphatic heterocycles. The van der Waals surface area contributed by atoms with Crippen molar-refractivity contribution in [1.82, 2.24) is 4.98 Å². The lowest BCUT2D eigenvalue weighted by Crippen LogP contribution is -2.18. The largest absolute Gasteiger partial charge is 0.481 e. The number of ether oxygens (including phenoxy) is 1. The minimum absolute atomic E-state index is 0.0932. The molecule has 0 radical (unpaired) electrons. The first-order valence-corrected chi connectivity index (χ1v) is 8.89. The van der Waals surface area contributed by atoms with Gasteiger partial charge in [-0.2, -0.15) is 0 Å². The number of carbonyl (C=O) groups is 1. The number of pyridine rings is 1. The predicted octanol–water partition coefficient (Wildman–Crippen LogP) is 4.94. The van der Waals surface area contributed by atoms with Gasteiger partial charge in [0.1, 0.15) is 11.6 Å². The van der Waals surface area contributed by atoms with Gasteiger partial charge in [0.15, 0.2) is 0 Å². The van der Waals surface area contributed by atoms with Crippen molar-refractivity contribution in [1.29, 1.82) is 0 Å². The third kappa shape index (κ3) is 4.17. The van der Waals surface area contributed by atoms with E-state index in [0.717, 1.165) is 15.6 Å². The van der Waals surface area contributed by atoms with E-state index in [1.807, 2.05) is 24.3 Å². The van der Waals surface area contributed by atoms with Crippen molar-refractivity contribution in [2.24, 2.45) is 0 Å². The molecule has 0 aliphatic carbocycles. The molecule has 1 heterocycles. The van der Waals surface area contributed by atoms with Crippen LogP contribution in [0.2, 0.25) is 0 Å². The quantitative estimate of drug-likeness (QED) is 0.574. The van der Waals surface area contributed by atoms with Gasteiger partial charge in [0, 0.05) is 28.7 Å². The van der Waals surface area contributed by atoms with Gasteiger partial charge in [0.2, 0.25) is 5.88 Å². The average Bonchev–Trinajstić information content (AvgIpc) is 2.66. The summed E-state index contributed by atoms with van der Waals surface area (Å²) in [6, 6.07) is 17.3. The maximum absolute atomic E-state index is 14.4. The Hall–Kier alpha value is -2.53. The summed E-state index contributed by atoms with van der Waals surface area (Å²) in [5, 5.41) is 0. The maximum Gasteiger partial charge on any atom is 0.212 e. The summed E-state index contributed by atoms with van der Waals surface area (Å²) >= 11 is 3.39. The third-order valence-electron chi connectivity index (χ3n) is 4.13. The van der Waals surface area contributed by atoms with Gasteiger partial charge in [0.05, 0.1) is 13.0 Å². The number of hydrogen-bond donors (Lipinski definition) is 0. The lowest BCUT2D eigenvalue weighted by atomic mass is 9.85. The van der Waals surface area contributed by atoms with Gasteiger partial charge in [-0.3, -0.25) is 4.79 Å². The zero-order valence-electron chi connectivity index (χ0n) is 14.2. The standard InChI is InChI=1S/C21H17BrFNO2/c1-26-20-11-6-14(13-24-20)12-19(25)21(15-7-9-16(22)10-8-15)17-4-2-3-5-18(17)23/h2-11,13,21H,12H2,1H3. The first-order valence-electron chi connectivity index (χ1n) is 8.10. The van der Waals surface area contributed by atoms with Crippen LogP contribution >= 0.6 is 15.9 Å². The van der Waals surface area contributed by atoms with Crippen molar-refractivity contribution in [3.05, 3.63) is 93.8 Å². The number of halogens is 2. The Morgan fingerprint density at radius 3 is 2.46 bits per heavy atom. The van der Waals surface area contributed by atoms with E-state index in [1.54, 1.807) is 36.5 Å². The molecule has 132 valence electrons. The highest BCUT2D eigenvalue weighted by atomic mass is 79.9. The summed E-state index contributed by atoms with van der Waals surface area (Å²) in [5.74, 6) is -0.669. The normalized spacial score (nSPS) is 11.8. The van der Waals surface area contributed by atoms with E-state index in [2.05, 4.69) is 20.9 Å². The van der Waals surface area contributed by atoms with Crippen LogP contribution in [0.3, 0.4) is 0 Å². The minimum Gasteiger partial charge on any atom is -0.481 e. The first-order chi connectivity index (χ1) is 12.6. The summed E-state index contributed by atoms with van der Waals surface area (Å²) < 4.78 is 20.4. The molecular formula is C21H17BrFNO2. The SMILES string of the molecule is COc1ccc(CC(=O)C(c2ccc(Br)cc2)c2ccccc2F)cn1. The predicted molar refractivity (Wildman–Crippen MR) is 102 cm³/mol. The second-order valence-electron chi connectivity index (χ2n) is 5.86. The van der Waals surface area contributed by atoms with Gasteiger partial charge >= 0.3 is 0 Å². The molecule has 0 fully saturated rings. The fourth-order valence-electron chi connectivity index (χ4n) is 2.84. The first kappa shape index (κ1) is 18.3. The number of hydrogen-bond acceptors (Lipinski definition) is 3. The molecule has 3 rings (SSSR count). The zero-order chi connectivity index (χ0) is 18.5. The van der Waals surface area contributed by atoms with Crippen LogP contribution < -0.4 is 4.74 Å². The van der Waals surface area contributed by atoms with Crippen molar-refractivity contribution >= 4 is 21.7 Å². The van der Waals surface area contributed by atoms with Gasteiger partial charge in [0.25, 0.3) is 0 Å². The molecular weight excluding hydrogens is 397 g/mol. The Bertz CT molecular complexity index is 895. The monoisotopic (exact) mass is 413 g/mol. The second kappa shape index (κ2) is 8.23. The molecule has 0 spiro atoms. The highest BCUT2D eigenvalue weighted by molar-refractivity contribution is 9.10. The van der Waals surface area contributed by atoms with E-state index in [0.29, 0.717) is 11.4 Å². The molecule has 0 saturated heterocycles. The van der Waals surface area contributed by atoms with Crippen LogP contribution in [0.25, 0.3) is 0 Å². The zero-order valence-corrected chi connectivity index (χ0v) is 15.7. The Balaban J connectivity index is 1.95. The molecule has 3 nitrogen and oxygen atoms in total. The van der Waals surface area contributed by atoms with Crippen molar-refractivity contribution in [3.8, 4) is 5.88 Å². The van der Waals surface area contributed by atoms with E-state index in [4.69, 9.17) is 4.74 Å². The van der Waals surface area contributed by atoms with Crippen LogP contribution in [0.1, 0.15) is 22.6 Å². The smallest absolute Gasteiger partial charge is 0.212 e. The molecule has 0 N–H and O–H groups in total. The van der Waals surface area contributed by atoms with Crippen LogP contribution in [-0.4, -0.2) is 17.9 Å². The lowest BCUT2D eigenvalue weighted by Gasteiger charge is -2.18. The second-order valence-corrected chi connectivity index (χ2v) is 6.77. The van der Waals surface area contributed by atoms with E-state index in [9.17, 15) is 9.18 Å². The Kier molecular flexibility index (Phi) is 5.78. The molecule has 0 bridgehead atoms. The van der Waals surface area contributed by atoms with Crippen LogP contribution in [-0.2, 0) is 11.2 Å². The average molecular weight is 414 g/mol. The summed E-state index contributed by atoms with van der Waals surface area (Å²) in [7, 11) is 1.54. The number of rotatable bonds is 6. The van der Waals surface area contributed by atoms with E-state index >= 15 is 0 Å². The van der Waals surface area contributed by atoms with Gasteiger partial charge in [-0.1, -0.05) is 52.3 Å². The minimum atomic E-state index is -0.675. The highest BCUT2D eigenvalue weighted by Crippen LogP contribution is 2.30. The van der Waals surface area contributed by atoms with Gasteiger partial charge in [-0.15, -0.1) is 0 Å². The topological polar surface area (TPSA) is 39.2 Å². The van der Waals surface area contributed by atoms with Crippen molar-refractivity contribution < 1.29 is 13.9 Å². The fraction of sp³-hybridized carbons (Fsp3) is 0.143. The summed E-state index contributed by atoms with van der Waals surface area (Å²) in [6.07, 6.45) is 1.77. The van der Waals surface area contributed by atoms with Gasteiger partial charge in [-0.05, 0) is 29.3 Å². The fourth-order valence-corrected chi connectivity index (χ4v) is 3.11. The molecule has 1 unspecified atom stereocenters. The van der Waals surface area contributed by atoms with Crippen LogP contribution in [0.15, 0.2) is 71.3 Å². The highest BCUT2D eigenvalue weighted by Gasteiger charge is 2.25. The molecule has 0 amide bonds. The number of nitrogens with zero attached hydrogens (tertiary/aromatic N) is 1. The van der Waals surface area contributed by atoms with E-state index in [1.165, 1.54) is 13.2 Å². The number of aromatic nitrogens is 1. The Labute approximate surface area is 160 Å². The Morgan fingerprint density at radius 1 is 1.12 bits per heavy atom. The molecule has 0 saturated carbocycles. The molecule has 5 heteroatoms. The van der Waals surface area contributed by atoms with Crippen molar-refractivity contribution in [2.75, 3.05) is 7.11 Å². The molecule has 3 aromatic rings. The summed E-state index contributed by atoms with van der Waals surface area (Å²) in [4.78, 5) is 17.2. The summed E-state index contributed by atoms with van der Waals surface area (Å²) in [6.45, 7) is 0. The molecule has 0 aliphatic rings. The maximum atomic E-state index is 14.4. The number of carbonyl (C=O) groups excluding carboxylic acids is 1. The van der Waals surface area contributed by atoms with E-state index < -0.39 is 5.92 Å². The number of methoxy groups -OCH3 is 1. The molecule has 26 heavy (non-hydrogen) atoms. The van der Waals surface area contributed by atoms with Crippen LogP contribution in [0, 0.1) is 5.82 Å². The van der Waals surface area contributed by atoms with Crippen molar-refractivity contribution in [3.63, 3.8) is 0 Å². The lowest BCUT2D eigenvalue weighted by molar-refractivity contribution is -0.119. The summed E-state index contributed by atoms with van der Waals surface area (Å²) in [5.41, 5.74) is 1.89. The van der Waals surface area contributed by atoms with E-state index in [-0.39, 0.29) is 18.0 Å². The molecule has 1 atom stereocenters. The van der Waals surface area contributed by atoms with Gasteiger partial charge < -0.3 is 4.74 Å². The van der Waals surface area contributed by atoms with Crippen LogP contribution in [0.4, 0.5) is 4.39 Å². The van der Waals surface area contributed by atoms with Crippen molar-refractivity contribution in [2.45, 2.75) is 12.3 Å². The number of ketones is 1. The number of Topliss-reactive ketones (excluding diaryl/α,β-unsaturated/α-hetero) is 1. The molecule has 1 aromatic heterocycles.